The summed E-state index contributed by atoms with van der Waals surface area (Å²) >= 11 is 0. The Morgan fingerprint density at radius 1 is 1.42 bits per heavy atom. The zero-order valence-electron chi connectivity index (χ0n) is 10.4. The highest BCUT2D eigenvalue weighted by atomic mass is 19.1. The van der Waals surface area contributed by atoms with E-state index >= 15 is 0 Å². The van der Waals surface area contributed by atoms with Gasteiger partial charge in [-0.05, 0) is 31.4 Å². The van der Waals surface area contributed by atoms with Crippen LogP contribution in [0.5, 0.6) is 0 Å². The predicted octanol–water partition coefficient (Wildman–Crippen LogP) is 0.806. The molecule has 6 heteroatoms. The molecule has 1 aromatic carbocycles. The van der Waals surface area contributed by atoms with E-state index in [1.54, 1.807) is 0 Å². The van der Waals surface area contributed by atoms with Crippen LogP contribution in [0.2, 0.25) is 0 Å². The number of nitrogens with one attached hydrogen (secondary N) is 2. The van der Waals surface area contributed by atoms with Gasteiger partial charge in [0.25, 0.3) is 5.91 Å². The molecular formula is C13H16FN3O2. The van der Waals surface area contributed by atoms with Crippen LogP contribution in [-0.4, -0.2) is 24.4 Å². The Kier molecular flexibility index (Phi) is 3.99. The van der Waals surface area contributed by atoms with Crippen LogP contribution in [0.1, 0.15) is 29.6 Å². The lowest BCUT2D eigenvalue weighted by Gasteiger charge is -2.16. The Morgan fingerprint density at radius 2 is 2.21 bits per heavy atom. The molecule has 0 bridgehead atoms. The number of carbonyl (C=O) groups excluding carboxylic acids is 2. The van der Waals surface area contributed by atoms with Crippen LogP contribution >= 0.6 is 0 Å². The second kappa shape index (κ2) is 5.69. The van der Waals surface area contributed by atoms with E-state index in [0.29, 0.717) is 13.0 Å². The number of amides is 2. The highest BCUT2D eigenvalue weighted by Crippen LogP contribution is 2.16. The highest BCUT2D eigenvalue weighted by molar-refractivity contribution is 6.01. The van der Waals surface area contributed by atoms with E-state index in [9.17, 15) is 14.0 Å². The summed E-state index contributed by atoms with van der Waals surface area (Å²) in [6, 6.07) is 3.44. The molecule has 0 saturated carbocycles. The molecule has 2 rings (SSSR count). The summed E-state index contributed by atoms with van der Waals surface area (Å²) in [4.78, 5) is 23.7. The second-order valence-electron chi connectivity index (χ2n) is 4.51. The summed E-state index contributed by atoms with van der Waals surface area (Å²) in [6.07, 6.45) is 2.31. The molecule has 1 heterocycles. The zero-order chi connectivity index (χ0) is 13.8. The average Bonchev–Trinajstić information content (AvgIpc) is 2.58. The maximum absolute atomic E-state index is 13.3. The molecule has 19 heavy (non-hydrogen) atoms. The Hall–Kier alpha value is -2.11. The first-order valence-corrected chi connectivity index (χ1v) is 6.22. The summed E-state index contributed by atoms with van der Waals surface area (Å²) in [5.41, 5.74) is 5.37. The van der Waals surface area contributed by atoms with E-state index in [0.717, 1.165) is 12.8 Å². The van der Waals surface area contributed by atoms with Crippen LogP contribution in [0.3, 0.4) is 0 Å². The third kappa shape index (κ3) is 3.01. The number of anilines is 1. The molecule has 1 saturated heterocycles. The minimum atomic E-state index is -0.641. The fraction of sp³-hybridized carbons (Fsp3) is 0.385. The SMILES string of the molecule is Nc1c(F)cccc1C(=O)NC1CCCCNC1=O. The first-order valence-electron chi connectivity index (χ1n) is 6.22. The maximum atomic E-state index is 13.3. The third-order valence-corrected chi connectivity index (χ3v) is 3.14. The summed E-state index contributed by atoms with van der Waals surface area (Å²) < 4.78 is 13.3. The van der Waals surface area contributed by atoms with Crippen LogP contribution in [-0.2, 0) is 4.79 Å². The van der Waals surface area contributed by atoms with E-state index < -0.39 is 17.8 Å². The number of carbonyl (C=O) groups is 2. The molecule has 4 N–H and O–H groups in total. The minimum Gasteiger partial charge on any atom is -0.396 e. The Balaban J connectivity index is 2.12. The lowest BCUT2D eigenvalue weighted by Crippen LogP contribution is -2.45. The molecule has 1 unspecified atom stereocenters. The maximum Gasteiger partial charge on any atom is 0.254 e. The standard InChI is InChI=1S/C13H16FN3O2/c14-9-5-3-4-8(11(9)15)12(18)17-10-6-1-2-7-16-13(10)19/h3-5,10H,1-2,6-7,15H2,(H,16,19)(H,17,18). The van der Waals surface area contributed by atoms with E-state index in [2.05, 4.69) is 10.6 Å². The monoisotopic (exact) mass is 265 g/mol. The van der Waals surface area contributed by atoms with Gasteiger partial charge in [-0.3, -0.25) is 9.59 Å². The van der Waals surface area contributed by atoms with Gasteiger partial charge in [0.1, 0.15) is 11.9 Å². The molecule has 1 aliphatic heterocycles. The van der Waals surface area contributed by atoms with Gasteiger partial charge in [-0.25, -0.2) is 4.39 Å². The molecule has 2 amide bonds. The van der Waals surface area contributed by atoms with Crippen molar-refractivity contribution in [2.75, 3.05) is 12.3 Å². The van der Waals surface area contributed by atoms with Crippen LogP contribution in [0, 0.1) is 5.82 Å². The molecule has 5 nitrogen and oxygen atoms in total. The smallest absolute Gasteiger partial charge is 0.254 e. The summed E-state index contributed by atoms with van der Waals surface area (Å²) in [5.74, 6) is -1.38. The Labute approximate surface area is 110 Å². The van der Waals surface area contributed by atoms with Gasteiger partial charge in [-0.2, -0.15) is 0 Å². The molecule has 0 radical (unpaired) electrons. The molecule has 0 aromatic heterocycles. The number of rotatable bonds is 2. The van der Waals surface area contributed by atoms with Crippen molar-refractivity contribution >= 4 is 17.5 Å². The van der Waals surface area contributed by atoms with Gasteiger partial charge in [-0.1, -0.05) is 6.07 Å². The lowest BCUT2D eigenvalue weighted by molar-refractivity contribution is -0.122. The van der Waals surface area contributed by atoms with Gasteiger partial charge in [0.05, 0.1) is 11.3 Å². The summed E-state index contributed by atoms with van der Waals surface area (Å²) in [5, 5.41) is 5.31. The van der Waals surface area contributed by atoms with Crippen LogP contribution in [0.15, 0.2) is 18.2 Å². The van der Waals surface area contributed by atoms with Gasteiger partial charge in [0.2, 0.25) is 5.91 Å². The number of para-hydroxylation sites is 1. The van der Waals surface area contributed by atoms with Gasteiger partial charge < -0.3 is 16.4 Å². The van der Waals surface area contributed by atoms with Crippen molar-refractivity contribution in [2.24, 2.45) is 0 Å². The number of hydrogen-bond donors (Lipinski definition) is 3. The van der Waals surface area contributed by atoms with Gasteiger partial charge in [-0.15, -0.1) is 0 Å². The van der Waals surface area contributed by atoms with Crippen molar-refractivity contribution in [3.05, 3.63) is 29.6 Å². The molecule has 0 aliphatic carbocycles. The topological polar surface area (TPSA) is 84.2 Å². The van der Waals surface area contributed by atoms with Crippen LogP contribution < -0.4 is 16.4 Å². The minimum absolute atomic E-state index is 0.0528. The fourth-order valence-electron chi connectivity index (χ4n) is 2.05. The van der Waals surface area contributed by atoms with E-state index in [-0.39, 0.29) is 17.2 Å². The van der Waals surface area contributed by atoms with E-state index in [4.69, 9.17) is 5.73 Å². The van der Waals surface area contributed by atoms with Crippen molar-refractivity contribution in [2.45, 2.75) is 25.3 Å². The Morgan fingerprint density at radius 3 is 3.00 bits per heavy atom. The molecule has 1 aliphatic rings. The average molecular weight is 265 g/mol. The molecule has 0 spiro atoms. The van der Waals surface area contributed by atoms with E-state index in [1.165, 1.54) is 18.2 Å². The largest absolute Gasteiger partial charge is 0.396 e. The van der Waals surface area contributed by atoms with Crippen LogP contribution in [0.25, 0.3) is 0 Å². The van der Waals surface area contributed by atoms with Crippen molar-refractivity contribution in [3.8, 4) is 0 Å². The number of nitrogens with two attached hydrogens (primary N) is 1. The Bertz CT molecular complexity index is 505. The van der Waals surface area contributed by atoms with Crippen molar-refractivity contribution in [3.63, 3.8) is 0 Å². The second-order valence-corrected chi connectivity index (χ2v) is 4.51. The normalized spacial score (nSPS) is 19.4. The number of halogens is 1. The van der Waals surface area contributed by atoms with Gasteiger partial charge in [0, 0.05) is 6.54 Å². The summed E-state index contributed by atoms with van der Waals surface area (Å²) in [7, 11) is 0. The third-order valence-electron chi connectivity index (χ3n) is 3.14. The number of benzene rings is 1. The first kappa shape index (κ1) is 13.3. The van der Waals surface area contributed by atoms with Gasteiger partial charge >= 0.3 is 0 Å². The molecule has 1 aromatic rings. The number of nitrogen functional groups attached to an aromatic ring is 1. The first-order chi connectivity index (χ1) is 9.09. The molecule has 102 valence electrons. The summed E-state index contributed by atoms with van der Waals surface area (Å²) in [6.45, 7) is 0.618. The van der Waals surface area contributed by atoms with Crippen molar-refractivity contribution in [1.82, 2.24) is 10.6 Å². The van der Waals surface area contributed by atoms with Crippen molar-refractivity contribution < 1.29 is 14.0 Å². The van der Waals surface area contributed by atoms with Crippen molar-refractivity contribution in [1.29, 1.82) is 0 Å². The van der Waals surface area contributed by atoms with Crippen LogP contribution in [0.4, 0.5) is 10.1 Å². The van der Waals surface area contributed by atoms with E-state index in [1.807, 2.05) is 0 Å². The van der Waals surface area contributed by atoms with Gasteiger partial charge in [0.15, 0.2) is 0 Å². The lowest BCUT2D eigenvalue weighted by atomic mass is 10.1. The zero-order valence-corrected chi connectivity index (χ0v) is 10.4. The molecular weight excluding hydrogens is 249 g/mol. The molecule has 1 fully saturated rings. The fourth-order valence-corrected chi connectivity index (χ4v) is 2.05. The highest BCUT2D eigenvalue weighted by Gasteiger charge is 2.24. The number of hydrogen-bond acceptors (Lipinski definition) is 3. The quantitative estimate of drug-likeness (QED) is 0.692. The predicted molar refractivity (Wildman–Crippen MR) is 68.9 cm³/mol. The molecule has 1 atom stereocenters.